The van der Waals surface area contributed by atoms with Crippen LogP contribution < -0.4 is 9.47 Å². The van der Waals surface area contributed by atoms with E-state index in [0.29, 0.717) is 24.2 Å². The van der Waals surface area contributed by atoms with Crippen molar-refractivity contribution >= 4 is 23.2 Å². The van der Waals surface area contributed by atoms with Crippen molar-refractivity contribution in [3.05, 3.63) is 22.7 Å². The first-order chi connectivity index (χ1) is 10.1. The van der Waals surface area contributed by atoms with E-state index in [4.69, 9.17) is 32.7 Å². The summed E-state index contributed by atoms with van der Waals surface area (Å²) in [6.45, 7) is 3.68. The van der Waals surface area contributed by atoms with Crippen LogP contribution in [0.2, 0.25) is 5.02 Å². The minimum Gasteiger partial charge on any atom is -0.490 e. The van der Waals surface area contributed by atoms with Crippen molar-refractivity contribution in [1.82, 2.24) is 0 Å². The smallest absolute Gasteiger partial charge is 0.162 e. The molecule has 2 aliphatic rings. The van der Waals surface area contributed by atoms with Crippen LogP contribution in [0.5, 0.6) is 11.5 Å². The first-order valence-electron chi connectivity index (χ1n) is 7.88. The Kier molecular flexibility index (Phi) is 4.85. The molecule has 0 spiro atoms. The molecule has 1 saturated carbocycles. The van der Waals surface area contributed by atoms with E-state index in [0.717, 1.165) is 29.4 Å². The molecule has 0 N–H and O–H groups in total. The summed E-state index contributed by atoms with van der Waals surface area (Å²) in [5.74, 6) is 2.85. The van der Waals surface area contributed by atoms with Crippen molar-refractivity contribution in [1.29, 1.82) is 0 Å². The molecule has 0 aromatic heterocycles. The van der Waals surface area contributed by atoms with Crippen LogP contribution >= 0.6 is 23.2 Å². The van der Waals surface area contributed by atoms with E-state index in [-0.39, 0.29) is 5.38 Å². The van der Waals surface area contributed by atoms with Crippen LogP contribution in [-0.4, -0.2) is 13.2 Å². The molecule has 1 atom stereocenters. The van der Waals surface area contributed by atoms with Gasteiger partial charge in [-0.05, 0) is 36.3 Å². The van der Waals surface area contributed by atoms with Crippen LogP contribution in [0.25, 0.3) is 0 Å². The van der Waals surface area contributed by atoms with E-state index in [2.05, 4.69) is 6.92 Å². The normalized spacial score (nSPS) is 27.0. The quantitative estimate of drug-likeness (QED) is 0.657. The molecular weight excluding hydrogens is 307 g/mol. The third-order valence-electron chi connectivity index (χ3n) is 4.64. The Balaban J connectivity index is 1.82. The summed E-state index contributed by atoms with van der Waals surface area (Å²) in [7, 11) is 0. The van der Waals surface area contributed by atoms with Gasteiger partial charge < -0.3 is 9.47 Å². The molecule has 1 aliphatic carbocycles. The molecule has 0 saturated heterocycles. The number of hydrogen-bond acceptors (Lipinski definition) is 2. The highest BCUT2D eigenvalue weighted by molar-refractivity contribution is 6.33. The van der Waals surface area contributed by atoms with Gasteiger partial charge in [0, 0.05) is 17.5 Å². The molecule has 2 nitrogen and oxygen atoms in total. The maximum Gasteiger partial charge on any atom is 0.162 e. The van der Waals surface area contributed by atoms with Crippen LogP contribution in [0.4, 0.5) is 0 Å². The topological polar surface area (TPSA) is 18.5 Å². The van der Waals surface area contributed by atoms with Gasteiger partial charge in [0.2, 0.25) is 0 Å². The largest absolute Gasteiger partial charge is 0.490 e. The van der Waals surface area contributed by atoms with E-state index >= 15 is 0 Å². The predicted molar refractivity (Wildman–Crippen MR) is 86.8 cm³/mol. The minimum absolute atomic E-state index is 0.0397. The van der Waals surface area contributed by atoms with Gasteiger partial charge in [-0.1, -0.05) is 31.4 Å². The zero-order chi connectivity index (χ0) is 14.8. The number of rotatable bonds is 2. The second-order valence-corrected chi connectivity index (χ2v) is 7.17. The summed E-state index contributed by atoms with van der Waals surface area (Å²) in [6.07, 6.45) is 5.78. The molecule has 1 heterocycles. The zero-order valence-corrected chi connectivity index (χ0v) is 13.9. The summed E-state index contributed by atoms with van der Waals surface area (Å²) in [6, 6.07) is 3.84. The summed E-state index contributed by atoms with van der Waals surface area (Å²) in [5.41, 5.74) is 0.988. The number of ether oxygens (including phenoxy) is 2. The summed E-state index contributed by atoms with van der Waals surface area (Å²) in [4.78, 5) is 0. The van der Waals surface area contributed by atoms with E-state index in [9.17, 15) is 0 Å². The Morgan fingerprint density at radius 2 is 1.67 bits per heavy atom. The Morgan fingerprint density at radius 1 is 1.05 bits per heavy atom. The van der Waals surface area contributed by atoms with E-state index in [1.54, 1.807) is 0 Å². The van der Waals surface area contributed by atoms with Gasteiger partial charge in [-0.3, -0.25) is 0 Å². The molecule has 116 valence electrons. The van der Waals surface area contributed by atoms with Gasteiger partial charge in [0.15, 0.2) is 11.5 Å². The van der Waals surface area contributed by atoms with Crippen molar-refractivity contribution < 1.29 is 9.47 Å². The van der Waals surface area contributed by atoms with Crippen LogP contribution in [0.15, 0.2) is 12.1 Å². The maximum absolute atomic E-state index is 6.74. The third kappa shape index (κ3) is 3.43. The van der Waals surface area contributed by atoms with Gasteiger partial charge in [-0.25, -0.2) is 0 Å². The molecule has 1 aliphatic heterocycles. The molecule has 1 aromatic carbocycles. The van der Waals surface area contributed by atoms with Gasteiger partial charge in [-0.2, -0.15) is 0 Å². The van der Waals surface area contributed by atoms with Gasteiger partial charge in [0.05, 0.1) is 18.6 Å². The third-order valence-corrected chi connectivity index (χ3v) is 5.56. The summed E-state index contributed by atoms with van der Waals surface area (Å²) < 4.78 is 11.4. The zero-order valence-electron chi connectivity index (χ0n) is 12.4. The fourth-order valence-corrected chi connectivity index (χ4v) is 4.00. The fraction of sp³-hybridized carbons (Fsp3) is 0.647. The molecular formula is C17H22Cl2O2. The fourth-order valence-electron chi connectivity index (χ4n) is 3.24. The second-order valence-electron chi connectivity index (χ2n) is 6.29. The highest BCUT2D eigenvalue weighted by atomic mass is 35.5. The molecule has 0 amide bonds. The molecule has 21 heavy (non-hydrogen) atoms. The highest BCUT2D eigenvalue weighted by Gasteiger charge is 2.28. The molecule has 4 heteroatoms. The lowest BCUT2D eigenvalue weighted by Gasteiger charge is -2.30. The van der Waals surface area contributed by atoms with Crippen LogP contribution in [0.3, 0.4) is 0 Å². The number of fused-ring (bicyclic) bond motifs is 1. The van der Waals surface area contributed by atoms with Gasteiger partial charge in [0.25, 0.3) is 0 Å². The first-order valence-corrected chi connectivity index (χ1v) is 8.69. The van der Waals surface area contributed by atoms with Gasteiger partial charge in [0.1, 0.15) is 0 Å². The van der Waals surface area contributed by atoms with Crippen molar-refractivity contribution in [2.75, 3.05) is 13.2 Å². The van der Waals surface area contributed by atoms with Gasteiger partial charge >= 0.3 is 0 Å². The molecule has 3 rings (SSSR count). The Labute approximate surface area is 136 Å². The molecule has 0 bridgehead atoms. The molecule has 1 aromatic rings. The Bertz CT molecular complexity index is 496. The Morgan fingerprint density at radius 3 is 2.33 bits per heavy atom. The number of alkyl halides is 1. The summed E-state index contributed by atoms with van der Waals surface area (Å²) >= 11 is 13.2. The van der Waals surface area contributed by atoms with Crippen LogP contribution in [0, 0.1) is 11.8 Å². The van der Waals surface area contributed by atoms with Crippen molar-refractivity contribution in [3.8, 4) is 11.5 Å². The highest BCUT2D eigenvalue weighted by Crippen LogP contribution is 2.45. The maximum atomic E-state index is 6.74. The SMILES string of the molecule is CC1CCC(C(Cl)c2cc3c(cc2Cl)OCCCO3)CC1. The second kappa shape index (κ2) is 6.66. The number of benzene rings is 1. The van der Waals surface area contributed by atoms with Crippen molar-refractivity contribution in [3.63, 3.8) is 0 Å². The number of hydrogen-bond donors (Lipinski definition) is 0. The Hall–Kier alpha value is -0.600. The lowest BCUT2D eigenvalue weighted by Crippen LogP contribution is -2.16. The monoisotopic (exact) mass is 328 g/mol. The standard InChI is InChI=1S/C17H22Cl2O2/c1-11-3-5-12(6-4-11)17(19)13-9-15-16(10-14(13)18)21-8-2-7-20-15/h9-12,17H,2-8H2,1H3. The van der Waals surface area contributed by atoms with Crippen molar-refractivity contribution in [2.24, 2.45) is 11.8 Å². The van der Waals surface area contributed by atoms with E-state index in [1.807, 2.05) is 12.1 Å². The van der Waals surface area contributed by atoms with E-state index in [1.165, 1.54) is 25.7 Å². The first kappa shape index (κ1) is 15.3. The summed E-state index contributed by atoms with van der Waals surface area (Å²) in [5, 5.41) is 0.653. The van der Waals surface area contributed by atoms with E-state index < -0.39 is 0 Å². The molecule has 0 radical (unpaired) electrons. The average Bonchev–Trinajstić information content (AvgIpc) is 2.71. The van der Waals surface area contributed by atoms with Gasteiger partial charge in [-0.15, -0.1) is 11.6 Å². The minimum atomic E-state index is -0.0397. The molecule has 1 fully saturated rings. The predicted octanol–water partition coefficient (Wildman–Crippen LogP) is 5.61. The lowest BCUT2D eigenvalue weighted by atomic mass is 9.80. The number of halogens is 2. The van der Waals surface area contributed by atoms with Crippen molar-refractivity contribution in [2.45, 2.75) is 44.4 Å². The average molecular weight is 329 g/mol. The molecule has 1 unspecified atom stereocenters. The lowest BCUT2D eigenvalue weighted by molar-refractivity contribution is 0.282. The van der Waals surface area contributed by atoms with Crippen LogP contribution in [-0.2, 0) is 0 Å². The van der Waals surface area contributed by atoms with Crippen LogP contribution in [0.1, 0.15) is 50.0 Å².